The molecule has 2 rings (SSSR count). The zero-order valence-corrected chi connectivity index (χ0v) is 16.2. The highest BCUT2D eigenvalue weighted by Gasteiger charge is 2.09. The Bertz CT molecular complexity index is 812. The average Bonchev–Trinajstić information content (AvgIpc) is 2.60. The van der Waals surface area contributed by atoms with Crippen LogP contribution < -0.4 is 15.6 Å². The minimum atomic E-state index is -0.140. The number of aryl methyl sites for hydroxylation is 2. The summed E-state index contributed by atoms with van der Waals surface area (Å²) in [6.45, 7) is 6.16. The molecule has 0 fully saturated rings. The first-order chi connectivity index (χ1) is 12.4. The minimum Gasteiger partial charge on any atom is -0.484 e. The fourth-order valence-electron chi connectivity index (χ4n) is 2.89. The fourth-order valence-corrected chi connectivity index (χ4v) is 2.89. The van der Waals surface area contributed by atoms with Crippen LogP contribution >= 0.6 is 0 Å². The van der Waals surface area contributed by atoms with E-state index in [0.29, 0.717) is 18.8 Å². The van der Waals surface area contributed by atoms with Crippen LogP contribution in [-0.4, -0.2) is 49.2 Å². The summed E-state index contributed by atoms with van der Waals surface area (Å²) in [6.07, 6.45) is 1.77. The van der Waals surface area contributed by atoms with Gasteiger partial charge in [0.15, 0.2) is 6.61 Å². The van der Waals surface area contributed by atoms with E-state index in [2.05, 4.69) is 10.2 Å². The van der Waals surface area contributed by atoms with E-state index in [9.17, 15) is 9.59 Å². The van der Waals surface area contributed by atoms with Crippen LogP contribution in [-0.2, 0) is 11.3 Å². The number of ether oxygens (including phenoxy) is 1. The molecule has 26 heavy (non-hydrogen) atoms. The van der Waals surface area contributed by atoms with Gasteiger partial charge in [-0.15, -0.1) is 0 Å². The van der Waals surface area contributed by atoms with Gasteiger partial charge in [-0.05, 0) is 58.1 Å². The molecule has 0 aliphatic rings. The Morgan fingerprint density at radius 1 is 1.27 bits per heavy atom. The summed E-state index contributed by atoms with van der Waals surface area (Å²) in [5.41, 5.74) is 1.79. The molecule has 1 amide bonds. The van der Waals surface area contributed by atoms with E-state index in [1.807, 2.05) is 46.1 Å². The summed E-state index contributed by atoms with van der Waals surface area (Å²) in [4.78, 5) is 26.2. The predicted molar refractivity (Wildman–Crippen MR) is 105 cm³/mol. The number of pyridine rings is 1. The lowest BCUT2D eigenvalue weighted by atomic mass is 10.1. The first-order valence-corrected chi connectivity index (χ1v) is 9.10. The van der Waals surface area contributed by atoms with Crippen molar-refractivity contribution >= 4 is 16.8 Å². The summed E-state index contributed by atoms with van der Waals surface area (Å²) in [7, 11) is 4.01. The fraction of sp³-hybridized carbons (Fsp3) is 0.500. The van der Waals surface area contributed by atoms with Gasteiger partial charge >= 0.3 is 0 Å². The molecule has 0 saturated carbocycles. The molecule has 1 N–H and O–H groups in total. The van der Waals surface area contributed by atoms with E-state index in [-0.39, 0.29) is 18.1 Å². The molecule has 1 heterocycles. The molecule has 0 aliphatic carbocycles. The maximum absolute atomic E-state index is 12.3. The SMILES string of the molecule is CCCn1c(=O)cc(C)c2ccc(OCC(=O)NCCCN(C)C)cc21. The number of hydrogen-bond donors (Lipinski definition) is 1. The van der Waals surface area contributed by atoms with E-state index in [4.69, 9.17) is 4.74 Å². The quantitative estimate of drug-likeness (QED) is 0.697. The molecule has 0 aliphatic heterocycles. The molecule has 0 unspecified atom stereocenters. The standard InChI is InChI=1S/C20H29N3O3/c1-5-10-23-18-13-16(7-8-17(18)15(2)12-20(23)25)26-14-19(24)21-9-6-11-22(3)4/h7-8,12-13H,5-6,9-11,14H2,1-4H3,(H,21,24). The number of amides is 1. The van der Waals surface area contributed by atoms with Crippen molar-refractivity contribution in [1.29, 1.82) is 0 Å². The van der Waals surface area contributed by atoms with Gasteiger partial charge in [-0.3, -0.25) is 9.59 Å². The zero-order valence-electron chi connectivity index (χ0n) is 16.2. The van der Waals surface area contributed by atoms with Crippen LogP contribution in [0, 0.1) is 6.92 Å². The van der Waals surface area contributed by atoms with Crippen LogP contribution in [0.4, 0.5) is 0 Å². The van der Waals surface area contributed by atoms with Crippen LogP contribution in [0.2, 0.25) is 0 Å². The smallest absolute Gasteiger partial charge is 0.257 e. The van der Waals surface area contributed by atoms with Gasteiger partial charge < -0.3 is 19.5 Å². The lowest BCUT2D eigenvalue weighted by Crippen LogP contribution is -2.31. The second-order valence-corrected chi connectivity index (χ2v) is 6.79. The van der Waals surface area contributed by atoms with E-state index >= 15 is 0 Å². The molecular weight excluding hydrogens is 330 g/mol. The van der Waals surface area contributed by atoms with E-state index < -0.39 is 0 Å². The second kappa shape index (κ2) is 9.38. The van der Waals surface area contributed by atoms with Crippen molar-refractivity contribution in [3.63, 3.8) is 0 Å². The third-order valence-corrected chi connectivity index (χ3v) is 4.21. The minimum absolute atomic E-state index is 0.00682. The Labute approximate surface area is 154 Å². The van der Waals surface area contributed by atoms with Crippen molar-refractivity contribution in [1.82, 2.24) is 14.8 Å². The van der Waals surface area contributed by atoms with Gasteiger partial charge in [0.2, 0.25) is 0 Å². The topological polar surface area (TPSA) is 63.6 Å². The molecular formula is C20H29N3O3. The zero-order chi connectivity index (χ0) is 19.1. The molecule has 6 heteroatoms. The Balaban J connectivity index is 2.05. The Kier molecular flexibility index (Phi) is 7.21. The summed E-state index contributed by atoms with van der Waals surface area (Å²) in [6, 6.07) is 7.30. The van der Waals surface area contributed by atoms with Crippen molar-refractivity contribution in [3.05, 3.63) is 40.2 Å². The molecule has 1 aromatic carbocycles. The van der Waals surface area contributed by atoms with Gasteiger partial charge in [-0.2, -0.15) is 0 Å². The third-order valence-electron chi connectivity index (χ3n) is 4.21. The van der Waals surface area contributed by atoms with Crippen LogP contribution in [0.5, 0.6) is 5.75 Å². The van der Waals surface area contributed by atoms with E-state index in [1.54, 1.807) is 10.6 Å². The number of aromatic nitrogens is 1. The highest BCUT2D eigenvalue weighted by molar-refractivity contribution is 5.84. The number of rotatable bonds is 9. The van der Waals surface area contributed by atoms with E-state index in [0.717, 1.165) is 35.9 Å². The summed E-state index contributed by atoms with van der Waals surface area (Å²) < 4.78 is 7.39. The van der Waals surface area contributed by atoms with Gasteiger partial charge in [0.1, 0.15) is 5.75 Å². The van der Waals surface area contributed by atoms with Gasteiger partial charge in [0.05, 0.1) is 5.52 Å². The Morgan fingerprint density at radius 2 is 2.04 bits per heavy atom. The van der Waals surface area contributed by atoms with Crippen molar-refractivity contribution in [3.8, 4) is 5.75 Å². The number of hydrogen-bond acceptors (Lipinski definition) is 4. The van der Waals surface area contributed by atoms with Crippen molar-refractivity contribution in [2.24, 2.45) is 0 Å². The highest BCUT2D eigenvalue weighted by atomic mass is 16.5. The Hall–Kier alpha value is -2.34. The van der Waals surface area contributed by atoms with E-state index in [1.165, 1.54) is 0 Å². The van der Waals surface area contributed by atoms with Gasteiger partial charge in [-0.25, -0.2) is 0 Å². The second-order valence-electron chi connectivity index (χ2n) is 6.79. The summed E-state index contributed by atoms with van der Waals surface area (Å²) >= 11 is 0. The van der Waals surface area contributed by atoms with Crippen molar-refractivity contribution in [2.75, 3.05) is 33.8 Å². The van der Waals surface area contributed by atoms with Crippen LogP contribution in [0.1, 0.15) is 25.3 Å². The van der Waals surface area contributed by atoms with Crippen LogP contribution in [0.3, 0.4) is 0 Å². The van der Waals surface area contributed by atoms with Crippen LogP contribution in [0.25, 0.3) is 10.9 Å². The summed E-state index contributed by atoms with van der Waals surface area (Å²) in [5, 5.41) is 3.88. The van der Waals surface area contributed by atoms with Gasteiger partial charge in [0, 0.05) is 30.6 Å². The molecule has 1 aromatic heterocycles. The number of nitrogens with zero attached hydrogens (tertiary/aromatic N) is 2. The number of carbonyl (C=O) groups excluding carboxylic acids is 1. The molecule has 0 bridgehead atoms. The lowest BCUT2D eigenvalue weighted by Gasteiger charge is -2.13. The monoisotopic (exact) mass is 359 g/mol. The molecule has 0 atom stereocenters. The number of nitrogens with one attached hydrogen (secondary N) is 1. The Morgan fingerprint density at radius 3 is 2.73 bits per heavy atom. The van der Waals surface area contributed by atoms with Gasteiger partial charge in [-0.1, -0.05) is 6.92 Å². The van der Waals surface area contributed by atoms with Gasteiger partial charge in [0.25, 0.3) is 11.5 Å². The number of fused-ring (bicyclic) bond motifs is 1. The first-order valence-electron chi connectivity index (χ1n) is 9.10. The molecule has 0 saturated heterocycles. The molecule has 0 radical (unpaired) electrons. The van der Waals surface area contributed by atoms with Crippen molar-refractivity contribution < 1.29 is 9.53 Å². The van der Waals surface area contributed by atoms with Crippen molar-refractivity contribution in [2.45, 2.75) is 33.2 Å². The predicted octanol–water partition coefficient (Wildman–Crippen LogP) is 2.17. The maximum Gasteiger partial charge on any atom is 0.257 e. The number of carbonyl (C=O) groups is 1. The third kappa shape index (κ3) is 5.33. The molecule has 6 nitrogen and oxygen atoms in total. The number of benzene rings is 1. The normalized spacial score (nSPS) is 11.1. The average molecular weight is 359 g/mol. The highest BCUT2D eigenvalue weighted by Crippen LogP contribution is 2.22. The largest absolute Gasteiger partial charge is 0.484 e. The lowest BCUT2D eigenvalue weighted by molar-refractivity contribution is -0.123. The maximum atomic E-state index is 12.3. The molecule has 142 valence electrons. The van der Waals surface area contributed by atoms with Crippen LogP contribution in [0.15, 0.2) is 29.1 Å². The summed E-state index contributed by atoms with van der Waals surface area (Å²) in [5.74, 6) is 0.454. The molecule has 0 spiro atoms. The molecule has 2 aromatic rings. The first kappa shape index (κ1) is 20.0.